The number of hydrogen-bond donors (Lipinski definition) is 2. The summed E-state index contributed by atoms with van der Waals surface area (Å²) in [5.41, 5.74) is 4.91. The Bertz CT molecular complexity index is 1580. The van der Waals surface area contributed by atoms with Crippen LogP contribution in [0.25, 0.3) is 0 Å². The lowest BCUT2D eigenvalue weighted by Gasteiger charge is -2.31. The fourth-order valence-electron chi connectivity index (χ4n) is 5.82. The Hall–Kier alpha value is -3.69. The van der Waals surface area contributed by atoms with Gasteiger partial charge in [-0.1, -0.05) is 11.6 Å². The first-order chi connectivity index (χ1) is 20.5. The molecule has 3 aliphatic rings. The molecular weight excluding hydrogens is 598 g/mol. The van der Waals surface area contributed by atoms with Gasteiger partial charge in [0.25, 0.3) is 5.91 Å². The molecule has 0 aliphatic carbocycles. The molecule has 1 amide bonds. The molecule has 1 fully saturated rings. The van der Waals surface area contributed by atoms with E-state index in [4.69, 9.17) is 26.8 Å². The van der Waals surface area contributed by atoms with Crippen LogP contribution in [0, 0.1) is 5.82 Å². The number of ether oxygens (including phenoxy) is 2. The van der Waals surface area contributed by atoms with E-state index in [2.05, 4.69) is 15.1 Å². The molecule has 3 aliphatic heterocycles. The highest BCUT2D eigenvalue weighted by Crippen LogP contribution is 2.43. The Labute approximate surface area is 248 Å². The van der Waals surface area contributed by atoms with Crippen LogP contribution in [0.1, 0.15) is 57.5 Å². The molecule has 0 spiro atoms. The van der Waals surface area contributed by atoms with Crippen LogP contribution in [0.3, 0.4) is 0 Å². The number of aromatic nitrogens is 4. The maximum absolute atomic E-state index is 15.0. The number of nitrogens with two attached hydrogens (primary N) is 1. The van der Waals surface area contributed by atoms with Crippen molar-refractivity contribution in [3.63, 3.8) is 0 Å². The van der Waals surface area contributed by atoms with E-state index in [9.17, 15) is 23.1 Å². The Balaban J connectivity index is 1.33. The predicted molar refractivity (Wildman–Crippen MR) is 145 cm³/mol. The molecule has 2 aromatic heterocycles. The number of anilines is 2. The summed E-state index contributed by atoms with van der Waals surface area (Å²) < 4.78 is 69.3. The quantitative estimate of drug-likeness (QED) is 0.330. The maximum atomic E-state index is 15.0. The number of fused-ring (bicyclic) bond motifs is 2. The number of carbonyl (C=O) groups is 1. The number of β-amino-alcohol motifs (C(OH)–C–C–N with tert-alkyl or cyclic N) is 1. The van der Waals surface area contributed by atoms with E-state index in [0.717, 1.165) is 12.1 Å². The molecule has 0 bridgehead atoms. The van der Waals surface area contributed by atoms with Crippen molar-refractivity contribution < 1.29 is 36.9 Å². The molecule has 1 saturated heterocycles. The molecule has 2 atom stereocenters. The van der Waals surface area contributed by atoms with Crippen LogP contribution in [0.4, 0.5) is 29.1 Å². The highest BCUT2D eigenvalue weighted by Gasteiger charge is 2.40. The van der Waals surface area contributed by atoms with Crippen molar-refractivity contribution in [1.82, 2.24) is 24.6 Å². The van der Waals surface area contributed by atoms with Crippen LogP contribution < -0.4 is 15.4 Å². The van der Waals surface area contributed by atoms with Gasteiger partial charge >= 0.3 is 12.2 Å². The first-order valence-electron chi connectivity index (χ1n) is 13.6. The number of halogens is 5. The van der Waals surface area contributed by atoms with Crippen molar-refractivity contribution in [3.8, 4) is 6.01 Å². The van der Waals surface area contributed by atoms with Gasteiger partial charge in [-0.15, -0.1) is 0 Å². The van der Waals surface area contributed by atoms with E-state index < -0.39 is 41.0 Å². The molecule has 16 heteroatoms. The number of methoxy groups -OCH3 is 1. The molecule has 5 heterocycles. The number of aliphatic hydroxyl groups excluding tert-OH is 1. The molecule has 11 nitrogen and oxygen atoms in total. The Morgan fingerprint density at radius 2 is 2.02 bits per heavy atom. The normalized spacial score (nSPS) is 20.5. The summed E-state index contributed by atoms with van der Waals surface area (Å²) in [6.45, 7) is 1.59. The lowest BCUT2D eigenvalue weighted by Crippen LogP contribution is -2.30. The summed E-state index contributed by atoms with van der Waals surface area (Å²) in [6, 6.07) is 1.60. The van der Waals surface area contributed by atoms with Crippen LogP contribution in [0.2, 0.25) is 5.02 Å². The first-order valence-corrected chi connectivity index (χ1v) is 14.0. The fourth-order valence-corrected chi connectivity index (χ4v) is 6.09. The van der Waals surface area contributed by atoms with Gasteiger partial charge in [0.2, 0.25) is 0 Å². The molecular formula is C27H28ClF4N7O4. The van der Waals surface area contributed by atoms with Crippen molar-refractivity contribution in [2.75, 3.05) is 37.4 Å². The third kappa shape index (κ3) is 5.33. The SMILES string of the molecule is COc1nc2c(c(N3CCCn4nc(C(=O)N5CCC(O)C5)c(Cl)c4C3)n1)COC(c1c(C(F)(F)F)ccc(N)c1F)C2. The van der Waals surface area contributed by atoms with Gasteiger partial charge in [0.05, 0.1) is 60.1 Å². The molecule has 230 valence electrons. The average molecular weight is 626 g/mol. The molecule has 2 unspecified atom stereocenters. The molecule has 0 saturated carbocycles. The lowest BCUT2D eigenvalue weighted by atomic mass is 9.94. The monoisotopic (exact) mass is 625 g/mol. The summed E-state index contributed by atoms with van der Waals surface area (Å²) in [5.74, 6) is -1.12. The number of likely N-dealkylation sites (tertiary alicyclic amines) is 1. The van der Waals surface area contributed by atoms with Crippen LogP contribution >= 0.6 is 11.6 Å². The zero-order chi connectivity index (χ0) is 30.6. The van der Waals surface area contributed by atoms with Crippen LogP contribution in [0.5, 0.6) is 6.01 Å². The number of rotatable bonds is 4. The van der Waals surface area contributed by atoms with E-state index >= 15 is 4.39 Å². The average Bonchev–Trinajstić information content (AvgIpc) is 3.46. The highest BCUT2D eigenvalue weighted by molar-refractivity contribution is 6.34. The van der Waals surface area contributed by atoms with E-state index in [1.165, 1.54) is 12.0 Å². The minimum absolute atomic E-state index is 0.0224. The maximum Gasteiger partial charge on any atom is 0.416 e. The summed E-state index contributed by atoms with van der Waals surface area (Å²) in [6.07, 6.45) is -5.82. The van der Waals surface area contributed by atoms with Crippen molar-refractivity contribution in [2.45, 2.75) is 57.3 Å². The van der Waals surface area contributed by atoms with Gasteiger partial charge in [-0.25, -0.2) is 4.39 Å². The van der Waals surface area contributed by atoms with Gasteiger partial charge in [-0.3, -0.25) is 9.48 Å². The van der Waals surface area contributed by atoms with Crippen molar-refractivity contribution in [1.29, 1.82) is 0 Å². The van der Waals surface area contributed by atoms with E-state index in [1.807, 2.05) is 4.90 Å². The van der Waals surface area contributed by atoms with Gasteiger partial charge in [0, 0.05) is 43.7 Å². The van der Waals surface area contributed by atoms with Gasteiger partial charge < -0.3 is 30.1 Å². The van der Waals surface area contributed by atoms with E-state index in [1.54, 1.807) is 4.68 Å². The molecule has 3 aromatic rings. The first kappa shape index (κ1) is 29.4. The van der Waals surface area contributed by atoms with Gasteiger partial charge in [-0.05, 0) is 25.0 Å². The number of amides is 1. The zero-order valence-corrected chi connectivity index (χ0v) is 23.8. The number of alkyl halides is 3. The number of hydrogen-bond acceptors (Lipinski definition) is 9. The second kappa shape index (κ2) is 11.1. The molecule has 1 aromatic carbocycles. The molecule has 6 rings (SSSR count). The van der Waals surface area contributed by atoms with Crippen LogP contribution in [0.15, 0.2) is 12.1 Å². The Morgan fingerprint density at radius 1 is 1.23 bits per heavy atom. The third-order valence-electron chi connectivity index (χ3n) is 7.96. The number of aliphatic hydroxyl groups is 1. The molecule has 43 heavy (non-hydrogen) atoms. The summed E-state index contributed by atoms with van der Waals surface area (Å²) in [5, 5.41) is 14.5. The smallest absolute Gasteiger partial charge is 0.416 e. The summed E-state index contributed by atoms with van der Waals surface area (Å²) >= 11 is 6.71. The van der Waals surface area contributed by atoms with Crippen LogP contribution in [-0.2, 0) is 37.0 Å². The number of benzene rings is 1. The van der Waals surface area contributed by atoms with Gasteiger partial charge in [0.1, 0.15) is 5.82 Å². The highest BCUT2D eigenvalue weighted by atomic mass is 35.5. The Morgan fingerprint density at radius 3 is 2.72 bits per heavy atom. The number of carbonyl (C=O) groups excluding carboxylic acids is 1. The second-order valence-electron chi connectivity index (χ2n) is 10.7. The van der Waals surface area contributed by atoms with E-state index in [0.29, 0.717) is 55.2 Å². The standard InChI is InChI=1S/C27H28ClF4N7O4/c1-42-26-34-17-9-19(20-15(27(30,31)32)3-4-16(33)22(20)29)43-12-14(17)24(35-26)37-6-2-7-39-18(11-37)21(28)23(36-39)25(41)38-8-5-13(40)10-38/h3-4,13,19,40H,2,5-12,33H2,1H3. The number of nitrogens with zero attached hydrogens (tertiary/aromatic N) is 6. The zero-order valence-electron chi connectivity index (χ0n) is 23.0. The van der Waals surface area contributed by atoms with Crippen LogP contribution in [-0.4, -0.2) is 68.5 Å². The summed E-state index contributed by atoms with van der Waals surface area (Å²) in [4.78, 5) is 25.4. The minimum atomic E-state index is -4.83. The van der Waals surface area contributed by atoms with Crippen molar-refractivity contribution in [2.24, 2.45) is 0 Å². The van der Waals surface area contributed by atoms with Gasteiger partial charge in [0.15, 0.2) is 11.5 Å². The fraction of sp³-hybridized carbons (Fsp3) is 0.481. The largest absolute Gasteiger partial charge is 0.467 e. The number of nitrogen functional groups attached to an aromatic ring is 1. The molecule has 3 N–H and O–H groups in total. The number of aryl methyl sites for hydroxylation is 1. The molecule has 0 radical (unpaired) electrons. The Kier molecular flexibility index (Phi) is 7.59. The van der Waals surface area contributed by atoms with Gasteiger partial charge in [-0.2, -0.15) is 28.2 Å². The minimum Gasteiger partial charge on any atom is -0.467 e. The second-order valence-corrected chi connectivity index (χ2v) is 11.1. The topological polar surface area (TPSA) is 132 Å². The summed E-state index contributed by atoms with van der Waals surface area (Å²) in [7, 11) is 1.36. The van der Waals surface area contributed by atoms with E-state index in [-0.39, 0.29) is 48.8 Å². The van der Waals surface area contributed by atoms with Crippen molar-refractivity contribution >= 4 is 29.0 Å². The van der Waals surface area contributed by atoms with Crippen molar-refractivity contribution in [3.05, 3.63) is 56.7 Å². The predicted octanol–water partition coefficient (Wildman–Crippen LogP) is 3.51. The lowest BCUT2D eigenvalue weighted by molar-refractivity contribution is -0.140. The third-order valence-corrected chi connectivity index (χ3v) is 8.36.